The van der Waals surface area contributed by atoms with Gasteiger partial charge in [-0.3, -0.25) is 9.69 Å². The summed E-state index contributed by atoms with van der Waals surface area (Å²) in [6.45, 7) is 2.01. The summed E-state index contributed by atoms with van der Waals surface area (Å²) in [4.78, 5) is 27.9. The zero-order valence-electron chi connectivity index (χ0n) is 15.4. The molecule has 1 saturated heterocycles. The fourth-order valence-corrected chi connectivity index (χ4v) is 4.08. The van der Waals surface area contributed by atoms with Crippen LogP contribution in [0, 0.1) is 0 Å². The molecule has 0 aliphatic carbocycles. The Kier molecular flexibility index (Phi) is 5.25. The fraction of sp³-hybridized carbons (Fsp3) is 0.211. The van der Waals surface area contributed by atoms with Crippen LogP contribution in [0.15, 0.2) is 59.8 Å². The average Bonchev–Trinajstić information content (AvgIpc) is 3.33. The lowest BCUT2D eigenvalue weighted by atomic mass is 9.91. The van der Waals surface area contributed by atoms with Crippen molar-refractivity contribution in [1.82, 2.24) is 30.4 Å². The molecule has 148 valence electrons. The zero-order chi connectivity index (χ0) is 20.4. The quantitative estimate of drug-likeness (QED) is 0.479. The summed E-state index contributed by atoms with van der Waals surface area (Å²) in [7, 11) is 0. The van der Waals surface area contributed by atoms with E-state index in [0.717, 1.165) is 4.90 Å². The van der Waals surface area contributed by atoms with E-state index in [2.05, 4.69) is 20.8 Å². The van der Waals surface area contributed by atoms with E-state index < -0.39 is 11.6 Å². The lowest BCUT2D eigenvalue weighted by Crippen LogP contribution is -2.41. The van der Waals surface area contributed by atoms with Crippen molar-refractivity contribution in [2.24, 2.45) is 0 Å². The molecule has 0 saturated carbocycles. The first-order valence-corrected chi connectivity index (χ1v) is 10.2. The van der Waals surface area contributed by atoms with Gasteiger partial charge < -0.3 is 5.32 Å². The van der Waals surface area contributed by atoms with Crippen molar-refractivity contribution < 1.29 is 9.59 Å². The molecular weight excluding hydrogens is 412 g/mol. The Morgan fingerprint density at radius 3 is 2.69 bits per heavy atom. The van der Waals surface area contributed by atoms with Crippen molar-refractivity contribution in [2.45, 2.75) is 17.4 Å². The van der Waals surface area contributed by atoms with Crippen molar-refractivity contribution in [1.29, 1.82) is 0 Å². The third kappa shape index (κ3) is 3.83. The Morgan fingerprint density at radius 1 is 1.17 bits per heavy atom. The van der Waals surface area contributed by atoms with Crippen molar-refractivity contribution >= 4 is 35.3 Å². The van der Waals surface area contributed by atoms with Crippen LogP contribution in [0.5, 0.6) is 0 Å². The second-order valence-corrected chi connectivity index (χ2v) is 8.22. The third-order valence-corrected chi connectivity index (χ3v) is 5.95. The maximum absolute atomic E-state index is 13.1. The molecule has 1 aliphatic heterocycles. The van der Waals surface area contributed by atoms with E-state index in [0.29, 0.717) is 28.6 Å². The number of hydrogen-bond acceptors (Lipinski definition) is 6. The third-order valence-electron chi connectivity index (χ3n) is 4.71. The van der Waals surface area contributed by atoms with E-state index in [-0.39, 0.29) is 5.91 Å². The largest absolute Gasteiger partial charge is 0.325 e. The van der Waals surface area contributed by atoms with Crippen LogP contribution in [-0.4, -0.2) is 49.3 Å². The van der Waals surface area contributed by atoms with Crippen LogP contribution in [0.4, 0.5) is 4.79 Å². The molecule has 1 aromatic heterocycles. The number of carbonyl (C=O) groups excluding carboxylic acids is 2. The van der Waals surface area contributed by atoms with Crippen LogP contribution in [0.25, 0.3) is 5.69 Å². The molecule has 2 aromatic carbocycles. The summed E-state index contributed by atoms with van der Waals surface area (Å²) in [6, 6.07) is 14.3. The van der Waals surface area contributed by atoms with Gasteiger partial charge in [0.1, 0.15) is 11.9 Å². The lowest BCUT2D eigenvalue weighted by Gasteiger charge is -2.22. The van der Waals surface area contributed by atoms with Gasteiger partial charge in [-0.05, 0) is 59.3 Å². The van der Waals surface area contributed by atoms with Gasteiger partial charge in [0.05, 0.1) is 5.69 Å². The topological polar surface area (TPSA) is 93.0 Å². The normalized spacial score (nSPS) is 18.9. The van der Waals surface area contributed by atoms with Gasteiger partial charge >= 0.3 is 6.03 Å². The highest BCUT2D eigenvalue weighted by Gasteiger charge is 2.48. The number of rotatable bonds is 6. The number of aromatic nitrogens is 4. The standard InChI is InChI=1S/C19H17ClN6O2S/c1-19(13-3-2-4-15(11-13)26-12-21-23-24-26)17(27)25(18(28)22-19)9-10-29-16-7-5-14(20)6-8-16/h2-8,11-12H,9-10H2,1H3,(H,22,28). The first kappa shape index (κ1) is 19.4. The molecule has 4 rings (SSSR count). The summed E-state index contributed by atoms with van der Waals surface area (Å²) in [5.74, 6) is 0.301. The molecule has 2 heterocycles. The molecule has 3 aromatic rings. The number of nitrogens with one attached hydrogen (secondary N) is 1. The van der Waals surface area contributed by atoms with Crippen molar-refractivity contribution in [2.75, 3.05) is 12.3 Å². The predicted molar refractivity (Wildman–Crippen MR) is 109 cm³/mol. The SMILES string of the molecule is CC1(c2cccc(-n3cnnn3)c2)NC(=O)N(CCSc2ccc(Cl)cc2)C1=O. The number of imide groups is 1. The van der Waals surface area contributed by atoms with E-state index in [4.69, 9.17) is 11.6 Å². The first-order valence-electron chi connectivity index (χ1n) is 8.84. The van der Waals surface area contributed by atoms with Crippen LogP contribution >= 0.6 is 23.4 Å². The molecule has 1 unspecified atom stereocenters. The Labute approximate surface area is 176 Å². The van der Waals surface area contributed by atoms with Gasteiger partial charge in [-0.25, -0.2) is 9.48 Å². The highest BCUT2D eigenvalue weighted by molar-refractivity contribution is 7.99. The number of nitrogens with zero attached hydrogens (tertiary/aromatic N) is 5. The molecule has 29 heavy (non-hydrogen) atoms. The molecule has 3 amide bonds. The summed E-state index contributed by atoms with van der Waals surface area (Å²) in [6.07, 6.45) is 1.47. The maximum Gasteiger partial charge on any atom is 0.325 e. The lowest BCUT2D eigenvalue weighted by molar-refractivity contribution is -0.130. The van der Waals surface area contributed by atoms with Crippen LogP contribution in [0.1, 0.15) is 12.5 Å². The van der Waals surface area contributed by atoms with Crippen LogP contribution in [0.2, 0.25) is 5.02 Å². The number of amides is 3. The van der Waals surface area contributed by atoms with Gasteiger partial charge in [0.15, 0.2) is 0 Å². The number of tetrazole rings is 1. The van der Waals surface area contributed by atoms with Gasteiger partial charge in [0.2, 0.25) is 0 Å². The Morgan fingerprint density at radius 2 is 1.97 bits per heavy atom. The molecule has 0 bridgehead atoms. The number of urea groups is 1. The Bertz CT molecular complexity index is 1040. The number of hydrogen-bond donors (Lipinski definition) is 1. The molecular formula is C19H17ClN6O2S. The van der Waals surface area contributed by atoms with E-state index in [9.17, 15) is 9.59 Å². The minimum absolute atomic E-state index is 0.284. The van der Waals surface area contributed by atoms with Crippen LogP contribution in [0.3, 0.4) is 0 Å². The molecule has 1 N–H and O–H groups in total. The second kappa shape index (κ2) is 7.84. The number of halogens is 1. The first-order chi connectivity index (χ1) is 14.0. The zero-order valence-corrected chi connectivity index (χ0v) is 17.0. The van der Waals surface area contributed by atoms with Gasteiger partial charge in [-0.15, -0.1) is 16.9 Å². The highest BCUT2D eigenvalue weighted by Crippen LogP contribution is 2.30. The van der Waals surface area contributed by atoms with Gasteiger partial charge in [-0.2, -0.15) is 0 Å². The second-order valence-electron chi connectivity index (χ2n) is 6.62. The number of carbonyl (C=O) groups is 2. The van der Waals surface area contributed by atoms with Crippen molar-refractivity contribution in [3.63, 3.8) is 0 Å². The van der Waals surface area contributed by atoms with E-state index >= 15 is 0 Å². The molecule has 0 spiro atoms. The average molecular weight is 429 g/mol. The molecule has 1 aliphatic rings. The molecule has 1 atom stereocenters. The minimum atomic E-state index is -1.15. The minimum Gasteiger partial charge on any atom is -0.319 e. The smallest absolute Gasteiger partial charge is 0.319 e. The van der Waals surface area contributed by atoms with Crippen molar-refractivity contribution in [3.8, 4) is 5.69 Å². The van der Waals surface area contributed by atoms with Crippen LogP contribution in [-0.2, 0) is 10.3 Å². The molecule has 8 nitrogen and oxygen atoms in total. The maximum atomic E-state index is 13.1. The number of benzene rings is 2. The number of thioether (sulfide) groups is 1. The summed E-state index contributed by atoms with van der Waals surface area (Å²) >= 11 is 7.45. The monoisotopic (exact) mass is 428 g/mol. The fourth-order valence-electron chi connectivity index (χ4n) is 3.12. The van der Waals surface area contributed by atoms with E-state index in [1.807, 2.05) is 30.3 Å². The van der Waals surface area contributed by atoms with Gasteiger partial charge in [0, 0.05) is 22.2 Å². The molecule has 0 radical (unpaired) electrons. The van der Waals surface area contributed by atoms with E-state index in [1.165, 1.54) is 15.9 Å². The van der Waals surface area contributed by atoms with Crippen molar-refractivity contribution in [3.05, 3.63) is 65.4 Å². The highest BCUT2D eigenvalue weighted by atomic mass is 35.5. The summed E-state index contributed by atoms with van der Waals surface area (Å²) in [5, 5.41) is 14.6. The predicted octanol–water partition coefficient (Wildman–Crippen LogP) is 2.88. The van der Waals surface area contributed by atoms with Crippen LogP contribution < -0.4 is 5.32 Å². The molecule has 1 fully saturated rings. The molecule has 10 heteroatoms. The van der Waals surface area contributed by atoms with Gasteiger partial charge in [-0.1, -0.05) is 23.7 Å². The summed E-state index contributed by atoms with van der Waals surface area (Å²) < 4.78 is 1.49. The Hall–Kier alpha value is -2.91. The van der Waals surface area contributed by atoms with Gasteiger partial charge in [0.25, 0.3) is 5.91 Å². The van der Waals surface area contributed by atoms with E-state index in [1.54, 1.807) is 36.9 Å². The Balaban J connectivity index is 1.48. The summed E-state index contributed by atoms with van der Waals surface area (Å²) in [5.41, 5.74) is 0.218.